The number of nitrogens with one attached hydrogen (secondary N) is 1. The van der Waals surface area contributed by atoms with Crippen LogP contribution in [-0.4, -0.2) is 42.0 Å². The topological polar surface area (TPSA) is 104 Å². The third-order valence-corrected chi connectivity index (χ3v) is 9.21. The number of carbonyl (C=O) groups excluding carboxylic acids is 1. The Balaban J connectivity index is 1.65. The lowest BCUT2D eigenvalue weighted by Crippen LogP contribution is -2.41. The molecule has 32 heavy (non-hydrogen) atoms. The van der Waals surface area contributed by atoms with Crippen molar-refractivity contribution in [3.63, 3.8) is 0 Å². The second kappa shape index (κ2) is 8.02. The number of aliphatic hydroxyl groups excluding tert-OH is 1. The van der Waals surface area contributed by atoms with E-state index in [0.29, 0.717) is 25.0 Å². The van der Waals surface area contributed by atoms with Gasteiger partial charge >= 0.3 is 0 Å². The average Bonchev–Trinajstić information content (AvgIpc) is 3.28. The summed E-state index contributed by atoms with van der Waals surface area (Å²) in [5.74, 6) is -6.58. The normalized spacial score (nSPS) is 27.0. The van der Waals surface area contributed by atoms with Crippen molar-refractivity contribution in [3.05, 3.63) is 58.4 Å². The maximum Gasteiger partial charge on any atom is 0.255 e. The second-order valence-electron chi connectivity index (χ2n) is 8.27. The van der Waals surface area contributed by atoms with E-state index in [9.17, 15) is 36.6 Å². The number of carbonyl (C=O) groups is 1. The van der Waals surface area contributed by atoms with Gasteiger partial charge in [-0.1, -0.05) is 11.6 Å². The summed E-state index contributed by atoms with van der Waals surface area (Å²) < 4.78 is 66.8. The predicted molar refractivity (Wildman–Crippen MR) is 110 cm³/mol. The monoisotopic (exact) mass is 489 g/mol. The first kappa shape index (κ1) is 23.0. The Morgan fingerprint density at radius 2 is 1.81 bits per heavy atom. The maximum atomic E-state index is 13.4. The van der Waals surface area contributed by atoms with Crippen LogP contribution in [0.3, 0.4) is 0 Å². The zero-order valence-electron chi connectivity index (χ0n) is 16.5. The Morgan fingerprint density at radius 1 is 1.16 bits per heavy atom. The van der Waals surface area contributed by atoms with Gasteiger partial charge in [-0.2, -0.15) is 0 Å². The largest absolute Gasteiger partial charge is 0.393 e. The van der Waals surface area contributed by atoms with E-state index in [1.54, 1.807) is 0 Å². The number of fused-ring (bicyclic) bond motifs is 2. The molecule has 0 saturated heterocycles. The molecule has 2 aromatic rings. The molecule has 0 aliphatic heterocycles. The molecular formula is C21H19ClF3NO5S. The molecule has 2 aliphatic carbocycles. The molecule has 2 aliphatic rings. The van der Waals surface area contributed by atoms with Crippen molar-refractivity contribution < 1.29 is 36.6 Å². The zero-order valence-corrected chi connectivity index (χ0v) is 18.1. The van der Waals surface area contributed by atoms with E-state index in [1.165, 1.54) is 12.1 Å². The van der Waals surface area contributed by atoms with Crippen LogP contribution in [0.15, 0.2) is 35.2 Å². The maximum absolute atomic E-state index is 13.4. The van der Waals surface area contributed by atoms with E-state index >= 15 is 0 Å². The lowest BCUT2D eigenvalue weighted by atomic mass is 9.85. The number of aliphatic hydroxyl groups is 2. The van der Waals surface area contributed by atoms with Crippen molar-refractivity contribution in [2.45, 2.75) is 35.0 Å². The lowest BCUT2D eigenvalue weighted by Gasteiger charge is -2.30. The fourth-order valence-corrected chi connectivity index (χ4v) is 7.87. The summed E-state index contributed by atoms with van der Waals surface area (Å²) in [4.78, 5) is 12.3. The van der Waals surface area contributed by atoms with Crippen molar-refractivity contribution in [1.82, 2.24) is 0 Å². The zero-order chi connectivity index (χ0) is 23.4. The molecule has 4 rings (SSSR count). The van der Waals surface area contributed by atoms with E-state index in [4.69, 9.17) is 11.6 Å². The lowest BCUT2D eigenvalue weighted by molar-refractivity contribution is -0.0562. The number of hydrogen-bond donors (Lipinski definition) is 3. The van der Waals surface area contributed by atoms with Crippen LogP contribution in [0.2, 0.25) is 5.02 Å². The van der Waals surface area contributed by atoms with E-state index in [1.807, 2.05) is 0 Å². The van der Waals surface area contributed by atoms with Gasteiger partial charge in [-0.25, -0.2) is 21.6 Å². The fraction of sp³-hybridized carbons (Fsp3) is 0.381. The number of benzene rings is 2. The van der Waals surface area contributed by atoms with Gasteiger partial charge in [0.05, 0.1) is 27.4 Å². The highest BCUT2D eigenvalue weighted by Crippen LogP contribution is 2.55. The van der Waals surface area contributed by atoms with Gasteiger partial charge < -0.3 is 15.5 Å². The first-order valence-corrected chi connectivity index (χ1v) is 11.7. The molecule has 4 atom stereocenters. The molecule has 0 heterocycles. The summed E-state index contributed by atoms with van der Waals surface area (Å²) in [5, 5.41) is 21.3. The first-order valence-electron chi connectivity index (χ1n) is 9.80. The number of rotatable bonds is 5. The van der Waals surface area contributed by atoms with E-state index in [0.717, 1.165) is 6.07 Å². The Kier molecular flexibility index (Phi) is 5.77. The molecule has 2 bridgehead atoms. The third-order valence-electron chi connectivity index (χ3n) is 6.39. The van der Waals surface area contributed by atoms with Crippen LogP contribution in [0, 0.1) is 29.3 Å². The summed E-state index contributed by atoms with van der Waals surface area (Å²) in [6.45, 7) is -0.554. The van der Waals surface area contributed by atoms with E-state index in [2.05, 4.69) is 5.32 Å². The molecule has 0 spiro atoms. The minimum atomic E-state index is -4.09. The summed E-state index contributed by atoms with van der Waals surface area (Å²) in [7, 11) is -4.09. The van der Waals surface area contributed by atoms with Gasteiger partial charge in [0.25, 0.3) is 5.91 Å². The summed E-state index contributed by atoms with van der Waals surface area (Å²) in [5.41, 5.74) is -1.99. The van der Waals surface area contributed by atoms with Crippen LogP contribution in [0.4, 0.5) is 18.9 Å². The highest BCUT2D eigenvalue weighted by molar-refractivity contribution is 7.92. The fourth-order valence-electron chi connectivity index (χ4n) is 4.94. The number of sulfone groups is 1. The van der Waals surface area contributed by atoms with Gasteiger partial charge in [0.15, 0.2) is 27.3 Å². The van der Waals surface area contributed by atoms with Gasteiger partial charge in [-0.3, -0.25) is 4.79 Å². The highest BCUT2D eigenvalue weighted by Gasteiger charge is 2.61. The molecule has 2 aromatic carbocycles. The third kappa shape index (κ3) is 3.68. The average molecular weight is 490 g/mol. The highest BCUT2D eigenvalue weighted by atomic mass is 35.5. The summed E-state index contributed by atoms with van der Waals surface area (Å²) >= 11 is 6.14. The number of anilines is 1. The van der Waals surface area contributed by atoms with E-state index in [-0.39, 0.29) is 33.5 Å². The van der Waals surface area contributed by atoms with Crippen LogP contribution >= 0.6 is 11.6 Å². The van der Waals surface area contributed by atoms with Gasteiger partial charge in [-0.15, -0.1) is 0 Å². The SMILES string of the molecule is O=C(Nc1cc(F)c(F)c(F)c1)c1ccc(Cl)c(S(=O)(=O)C2C3CCC2[C@@](O)(CO)C3)c1. The Hall–Kier alpha value is -2.14. The molecule has 1 amide bonds. The Morgan fingerprint density at radius 3 is 2.41 bits per heavy atom. The molecule has 0 radical (unpaired) electrons. The van der Waals surface area contributed by atoms with Crippen LogP contribution < -0.4 is 5.32 Å². The Bertz CT molecular complexity index is 1180. The van der Waals surface area contributed by atoms with Crippen LogP contribution in [0.1, 0.15) is 29.6 Å². The van der Waals surface area contributed by atoms with Gasteiger partial charge in [0.2, 0.25) is 0 Å². The quantitative estimate of drug-likeness (QED) is 0.559. The van der Waals surface area contributed by atoms with Crippen molar-refractivity contribution in [1.29, 1.82) is 0 Å². The smallest absolute Gasteiger partial charge is 0.255 e. The van der Waals surface area contributed by atoms with Crippen LogP contribution in [0.25, 0.3) is 0 Å². The van der Waals surface area contributed by atoms with Crippen molar-refractivity contribution >= 4 is 33.0 Å². The van der Waals surface area contributed by atoms with E-state index < -0.39 is 56.6 Å². The molecule has 0 aromatic heterocycles. The molecule has 3 N–H and O–H groups in total. The van der Waals surface area contributed by atoms with Gasteiger partial charge in [0, 0.05) is 29.3 Å². The number of amides is 1. The molecule has 2 fully saturated rings. The standard InChI is InChI=1S/C21H19ClF3NO5S/c22-14-4-2-10(20(28)26-12-6-15(23)18(25)16(24)7-12)5-17(14)32(30,31)19-11-1-3-13(19)21(29,8-11)9-27/h2,4-7,11,13,19,27,29H,1,3,8-9H2,(H,26,28)/t11?,13?,19?,21-/m0/s1. The molecule has 2 saturated carbocycles. The number of halogens is 4. The first-order chi connectivity index (χ1) is 15.0. The van der Waals surface area contributed by atoms with Crippen molar-refractivity contribution in [3.8, 4) is 0 Å². The molecule has 11 heteroatoms. The van der Waals surface area contributed by atoms with Crippen LogP contribution in [0.5, 0.6) is 0 Å². The predicted octanol–water partition coefficient (Wildman–Crippen LogP) is 3.31. The second-order valence-corrected chi connectivity index (χ2v) is 10.8. The molecule has 6 nitrogen and oxygen atoms in total. The molecule has 3 unspecified atom stereocenters. The van der Waals surface area contributed by atoms with Gasteiger partial charge in [0.1, 0.15) is 0 Å². The number of hydrogen-bond acceptors (Lipinski definition) is 5. The summed E-state index contributed by atoms with van der Waals surface area (Å²) in [6, 6.07) is 4.69. The van der Waals surface area contributed by atoms with Crippen LogP contribution in [-0.2, 0) is 9.84 Å². The Labute approximate surface area is 186 Å². The molecule has 172 valence electrons. The van der Waals surface area contributed by atoms with Crippen molar-refractivity contribution in [2.24, 2.45) is 11.8 Å². The summed E-state index contributed by atoms with van der Waals surface area (Å²) in [6.07, 6.45) is 1.17. The minimum absolute atomic E-state index is 0.126. The molecular weight excluding hydrogens is 471 g/mol. The minimum Gasteiger partial charge on any atom is -0.393 e. The van der Waals surface area contributed by atoms with Crippen molar-refractivity contribution in [2.75, 3.05) is 11.9 Å². The van der Waals surface area contributed by atoms with Gasteiger partial charge in [-0.05, 0) is 43.4 Å².